The molecule has 0 aromatic heterocycles. The lowest BCUT2D eigenvalue weighted by Gasteiger charge is -2.30. The zero-order valence-corrected chi connectivity index (χ0v) is 16.5. The van der Waals surface area contributed by atoms with E-state index in [1.807, 2.05) is 0 Å². The van der Waals surface area contributed by atoms with E-state index in [2.05, 4.69) is 12.2 Å². The third kappa shape index (κ3) is 4.90. The number of rotatable bonds is 7. The highest BCUT2D eigenvalue weighted by Gasteiger charge is 2.30. The van der Waals surface area contributed by atoms with Gasteiger partial charge in [-0.05, 0) is 25.7 Å². The van der Waals surface area contributed by atoms with Gasteiger partial charge in [-0.1, -0.05) is 19.8 Å². The maximum Gasteiger partial charge on any atom is 0.346 e. The van der Waals surface area contributed by atoms with Crippen molar-refractivity contribution >= 4 is 17.6 Å². The summed E-state index contributed by atoms with van der Waals surface area (Å²) in [5.74, 6) is -0.786. The number of methoxy groups -OCH3 is 2. The summed E-state index contributed by atoms with van der Waals surface area (Å²) in [6, 6.07) is 2.30. The minimum atomic E-state index is -1.09. The van der Waals surface area contributed by atoms with Crippen LogP contribution in [0.4, 0.5) is 5.69 Å². The Hall–Kier alpha value is -2.84. The highest BCUT2D eigenvalue weighted by Crippen LogP contribution is 2.35. The fraction of sp³-hybridized carbons (Fsp3) is 0.579. The zero-order chi connectivity index (χ0) is 20.8. The number of hydrogen-bond donors (Lipinski definition) is 1. The van der Waals surface area contributed by atoms with Crippen molar-refractivity contribution in [2.75, 3.05) is 14.2 Å². The van der Waals surface area contributed by atoms with E-state index >= 15 is 0 Å². The lowest BCUT2D eigenvalue weighted by atomic mass is 9.86. The Kier molecular flexibility index (Phi) is 7.19. The molecule has 1 amide bonds. The Morgan fingerprint density at radius 3 is 2.36 bits per heavy atom. The maximum absolute atomic E-state index is 12.5. The molecule has 9 nitrogen and oxygen atoms in total. The summed E-state index contributed by atoms with van der Waals surface area (Å²) in [6.45, 7) is 3.51. The number of ether oxygens (including phenoxy) is 3. The zero-order valence-electron chi connectivity index (χ0n) is 16.5. The molecule has 1 aromatic carbocycles. The Labute approximate surface area is 163 Å². The van der Waals surface area contributed by atoms with Crippen LogP contribution in [0.2, 0.25) is 0 Å². The Bertz CT molecular complexity index is 750. The van der Waals surface area contributed by atoms with Gasteiger partial charge < -0.3 is 19.5 Å². The third-order valence-electron chi connectivity index (χ3n) is 5.01. The molecule has 154 valence electrons. The van der Waals surface area contributed by atoms with Crippen LogP contribution in [0.3, 0.4) is 0 Å². The van der Waals surface area contributed by atoms with Gasteiger partial charge in [0.15, 0.2) is 17.6 Å². The summed E-state index contributed by atoms with van der Waals surface area (Å²) in [4.78, 5) is 35.5. The van der Waals surface area contributed by atoms with Gasteiger partial charge >= 0.3 is 5.97 Å². The molecular formula is C19H26N2O7. The molecule has 1 aromatic rings. The first kappa shape index (κ1) is 21.5. The van der Waals surface area contributed by atoms with Crippen molar-refractivity contribution in [3.8, 4) is 11.5 Å². The van der Waals surface area contributed by atoms with Crippen LogP contribution in [-0.4, -0.2) is 43.2 Å². The van der Waals surface area contributed by atoms with Crippen molar-refractivity contribution in [3.63, 3.8) is 0 Å². The van der Waals surface area contributed by atoms with E-state index in [1.54, 1.807) is 0 Å². The van der Waals surface area contributed by atoms with Gasteiger partial charge in [0.05, 0.1) is 25.2 Å². The van der Waals surface area contributed by atoms with Crippen molar-refractivity contribution in [1.82, 2.24) is 5.32 Å². The lowest BCUT2D eigenvalue weighted by molar-refractivity contribution is -0.385. The molecule has 0 saturated heterocycles. The van der Waals surface area contributed by atoms with Crippen molar-refractivity contribution in [1.29, 1.82) is 0 Å². The number of esters is 1. The van der Waals surface area contributed by atoms with Crippen LogP contribution >= 0.6 is 0 Å². The second kappa shape index (κ2) is 9.38. The van der Waals surface area contributed by atoms with Gasteiger partial charge in [-0.3, -0.25) is 14.9 Å². The predicted molar refractivity (Wildman–Crippen MR) is 101 cm³/mol. The van der Waals surface area contributed by atoms with E-state index in [0.717, 1.165) is 31.7 Å². The van der Waals surface area contributed by atoms with Crippen molar-refractivity contribution < 1.29 is 28.7 Å². The number of nitro benzene ring substituents is 1. The van der Waals surface area contributed by atoms with Crippen LogP contribution in [0.15, 0.2) is 12.1 Å². The van der Waals surface area contributed by atoms with E-state index in [0.29, 0.717) is 5.92 Å². The normalized spacial score (nSPS) is 20.0. The van der Waals surface area contributed by atoms with E-state index < -0.39 is 28.6 Å². The van der Waals surface area contributed by atoms with Crippen LogP contribution in [0.1, 0.15) is 49.9 Å². The summed E-state index contributed by atoms with van der Waals surface area (Å²) in [5, 5.41) is 14.2. The standard InChI is InChI=1S/C19H26N2O7/c1-11-7-5-6-8-14(11)20-18(22)12(2)28-19(23)13-9-16(26-3)17(27-4)10-15(13)21(24)25/h9-12,14H,5-8H2,1-4H3,(H,20,22)/t11-,12-,14-/m1/s1. The predicted octanol–water partition coefficient (Wildman–Crippen LogP) is 2.85. The van der Waals surface area contributed by atoms with Crippen molar-refractivity contribution in [2.24, 2.45) is 5.92 Å². The topological polar surface area (TPSA) is 117 Å². The van der Waals surface area contributed by atoms with Gasteiger partial charge in [-0.25, -0.2) is 4.79 Å². The Morgan fingerprint density at radius 1 is 1.18 bits per heavy atom. The average molecular weight is 394 g/mol. The van der Waals surface area contributed by atoms with E-state index in [9.17, 15) is 19.7 Å². The molecule has 1 saturated carbocycles. The average Bonchev–Trinajstić information content (AvgIpc) is 2.68. The highest BCUT2D eigenvalue weighted by atomic mass is 16.6. The minimum Gasteiger partial charge on any atom is -0.493 e. The largest absolute Gasteiger partial charge is 0.493 e. The molecule has 0 heterocycles. The van der Waals surface area contributed by atoms with Gasteiger partial charge in [-0.15, -0.1) is 0 Å². The SMILES string of the molecule is COc1cc(C(=O)O[C@H](C)C(=O)N[C@@H]2CCCC[C@H]2C)c([N+](=O)[O-])cc1OC. The first-order chi connectivity index (χ1) is 13.3. The molecule has 3 atom stereocenters. The van der Waals surface area contributed by atoms with Gasteiger partial charge in [0.1, 0.15) is 5.56 Å². The van der Waals surface area contributed by atoms with Gasteiger partial charge in [0, 0.05) is 12.1 Å². The van der Waals surface area contributed by atoms with Crippen LogP contribution in [0.5, 0.6) is 11.5 Å². The quantitative estimate of drug-likeness (QED) is 0.429. The third-order valence-corrected chi connectivity index (χ3v) is 5.01. The van der Waals surface area contributed by atoms with Crippen molar-refractivity contribution in [3.05, 3.63) is 27.8 Å². The smallest absolute Gasteiger partial charge is 0.346 e. The number of nitrogens with one attached hydrogen (secondary N) is 1. The first-order valence-electron chi connectivity index (χ1n) is 9.20. The molecule has 1 aliphatic carbocycles. The Morgan fingerprint density at radius 2 is 1.79 bits per heavy atom. The van der Waals surface area contributed by atoms with Gasteiger partial charge in [0.2, 0.25) is 0 Å². The minimum absolute atomic E-state index is 0.0396. The second-order valence-electron chi connectivity index (χ2n) is 6.91. The lowest BCUT2D eigenvalue weighted by Crippen LogP contribution is -2.46. The molecule has 0 spiro atoms. The molecule has 0 unspecified atom stereocenters. The van der Waals surface area contributed by atoms with Crippen molar-refractivity contribution in [2.45, 2.75) is 51.7 Å². The summed E-state index contributed by atoms with van der Waals surface area (Å²) in [6.07, 6.45) is 3.02. The van der Waals surface area contributed by atoms with Gasteiger partial charge in [-0.2, -0.15) is 0 Å². The monoisotopic (exact) mass is 394 g/mol. The fourth-order valence-electron chi connectivity index (χ4n) is 3.29. The molecule has 0 radical (unpaired) electrons. The number of amides is 1. The number of carbonyl (C=O) groups is 2. The maximum atomic E-state index is 12.5. The summed E-state index contributed by atoms with van der Waals surface area (Å²) in [7, 11) is 2.68. The molecule has 1 aliphatic rings. The molecule has 28 heavy (non-hydrogen) atoms. The molecule has 0 aliphatic heterocycles. The molecule has 2 rings (SSSR count). The summed E-state index contributed by atoms with van der Waals surface area (Å²) < 4.78 is 15.3. The second-order valence-corrected chi connectivity index (χ2v) is 6.91. The van der Waals surface area contributed by atoms with Crippen LogP contribution in [-0.2, 0) is 9.53 Å². The number of benzene rings is 1. The van der Waals surface area contributed by atoms with E-state index in [-0.39, 0.29) is 23.1 Å². The number of carbonyl (C=O) groups excluding carboxylic acids is 2. The van der Waals surface area contributed by atoms with Crippen LogP contribution < -0.4 is 14.8 Å². The fourth-order valence-corrected chi connectivity index (χ4v) is 3.29. The number of hydrogen-bond acceptors (Lipinski definition) is 7. The van der Waals surface area contributed by atoms with Crippen LogP contribution in [0.25, 0.3) is 0 Å². The Balaban J connectivity index is 2.14. The van der Waals surface area contributed by atoms with Gasteiger partial charge in [0.25, 0.3) is 11.6 Å². The summed E-state index contributed by atoms with van der Waals surface area (Å²) >= 11 is 0. The molecule has 0 bridgehead atoms. The molecule has 1 fully saturated rings. The van der Waals surface area contributed by atoms with E-state index in [1.165, 1.54) is 27.2 Å². The molecule has 9 heteroatoms. The number of nitrogens with zero attached hydrogens (tertiary/aromatic N) is 1. The molecular weight excluding hydrogens is 368 g/mol. The first-order valence-corrected chi connectivity index (χ1v) is 9.20. The highest BCUT2D eigenvalue weighted by molar-refractivity contribution is 5.96. The van der Waals surface area contributed by atoms with Crippen LogP contribution in [0, 0.1) is 16.0 Å². The molecule has 1 N–H and O–H groups in total. The number of nitro groups is 1. The summed E-state index contributed by atoms with van der Waals surface area (Å²) in [5.41, 5.74) is -0.801. The van der Waals surface area contributed by atoms with E-state index in [4.69, 9.17) is 14.2 Å².